The first-order valence-corrected chi connectivity index (χ1v) is 7.16. The number of hydrogen-bond acceptors (Lipinski definition) is 5. The van der Waals surface area contributed by atoms with Crippen LogP contribution in [-0.4, -0.2) is 30.5 Å². The van der Waals surface area contributed by atoms with Gasteiger partial charge in [0.25, 0.3) is 0 Å². The summed E-state index contributed by atoms with van der Waals surface area (Å²) >= 11 is 5.80. The van der Waals surface area contributed by atoms with Gasteiger partial charge >= 0.3 is 5.97 Å². The summed E-state index contributed by atoms with van der Waals surface area (Å²) in [6, 6.07) is 6.46. The fraction of sp³-hybridized carbons (Fsp3) is 0.333. The first kappa shape index (κ1) is 17.8. The van der Waals surface area contributed by atoms with E-state index in [1.165, 1.54) is 0 Å². The molecule has 0 saturated carbocycles. The molecule has 1 aromatic carbocycles. The van der Waals surface area contributed by atoms with Gasteiger partial charge in [0, 0.05) is 11.4 Å². The monoisotopic (exact) mass is 324 g/mol. The Morgan fingerprint density at radius 3 is 2.41 bits per heavy atom. The molecular weight excluding hydrogens is 308 g/mol. The van der Waals surface area contributed by atoms with Gasteiger partial charge in [-0.15, -0.1) is 0 Å². The third-order valence-corrected chi connectivity index (χ3v) is 2.80. The second-order valence-corrected chi connectivity index (χ2v) is 4.66. The zero-order valence-corrected chi connectivity index (χ0v) is 13.2. The van der Waals surface area contributed by atoms with Gasteiger partial charge in [0.2, 0.25) is 5.91 Å². The lowest BCUT2D eigenvalue weighted by atomic mass is 10.3. The molecular formula is C15H17ClN2O4. The Labute approximate surface area is 133 Å². The van der Waals surface area contributed by atoms with Crippen LogP contribution in [-0.2, 0) is 19.1 Å². The van der Waals surface area contributed by atoms with E-state index in [9.17, 15) is 14.4 Å². The molecule has 1 rings (SSSR count). The standard InChI is InChI=1S/C15H17ClN2O4/c1-3-14(20)18(12-7-5-11(16)6-8-12)17-10-13(19)9-15(21)22-4-2/h5-8,10H,3-4,9H2,1-2H3/b17-10+. The van der Waals surface area contributed by atoms with Crippen LogP contribution in [0.4, 0.5) is 5.69 Å². The summed E-state index contributed by atoms with van der Waals surface area (Å²) in [6.07, 6.45) is 0.747. The van der Waals surface area contributed by atoms with Gasteiger partial charge in [0.05, 0.1) is 18.5 Å². The minimum absolute atomic E-state index is 0.203. The van der Waals surface area contributed by atoms with Crippen molar-refractivity contribution in [1.82, 2.24) is 0 Å². The lowest BCUT2D eigenvalue weighted by Crippen LogP contribution is -2.25. The third kappa shape index (κ3) is 5.65. The molecule has 0 aliphatic rings. The number of halogens is 1. The fourth-order valence-corrected chi connectivity index (χ4v) is 1.66. The molecule has 1 amide bonds. The lowest BCUT2D eigenvalue weighted by Gasteiger charge is -2.16. The van der Waals surface area contributed by atoms with E-state index in [1.807, 2.05) is 0 Å². The van der Waals surface area contributed by atoms with Crippen molar-refractivity contribution in [1.29, 1.82) is 0 Å². The van der Waals surface area contributed by atoms with Crippen molar-refractivity contribution in [3.63, 3.8) is 0 Å². The van der Waals surface area contributed by atoms with E-state index in [-0.39, 0.29) is 18.9 Å². The van der Waals surface area contributed by atoms with Gasteiger partial charge in [-0.05, 0) is 31.2 Å². The van der Waals surface area contributed by atoms with Crippen molar-refractivity contribution < 1.29 is 19.1 Å². The zero-order valence-electron chi connectivity index (χ0n) is 12.4. The number of ketones is 1. The highest BCUT2D eigenvalue weighted by Crippen LogP contribution is 2.19. The molecule has 0 radical (unpaired) electrons. The first-order valence-electron chi connectivity index (χ1n) is 6.78. The number of amides is 1. The van der Waals surface area contributed by atoms with Gasteiger partial charge in [-0.1, -0.05) is 18.5 Å². The van der Waals surface area contributed by atoms with E-state index >= 15 is 0 Å². The van der Waals surface area contributed by atoms with E-state index < -0.39 is 18.2 Å². The van der Waals surface area contributed by atoms with E-state index in [4.69, 9.17) is 11.6 Å². The molecule has 0 N–H and O–H groups in total. The first-order chi connectivity index (χ1) is 10.5. The number of nitrogens with zero attached hydrogens (tertiary/aromatic N) is 2. The van der Waals surface area contributed by atoms with E-state index in [0.29, 0.717) is 10.7 Å². The highest BCUT2D eigenvalue weighted by atomic mass is 35.5. The number of benzene rings is 1. The van der Waals surface area contributed by atoms with Crippen molar-refractivity contribution in [3.8, 4) is 0 Å². The Morgan fingerprint density at radius 2 is 1.86 bits per heavy atom. The number of esters is 1. The lowest BCUT2D eigenvalue weighted by molar-refractivity contribution is -0.144. The number of carbonyl (C=O) groups is 3. The Hall–Kier alpha value is -2.21. The predicted octanol–water partition coefficient (Wildman–Crippen LogP) is 2.59. The summed E-state index contributed by atoms with van der Waals surface area (Å²) < 4.78 is 4.67. The molecule has 7 heteroatoms. The molecule has 0 fully saturated rings. The number of ether oxygens (including phenoxy) is 1. The van der Waals surface area contributed by atoms with Crippen LogP contribution in [0.15, 0.2) is 29.4 Å². The quantitative estimate of drug-likeness (QED) is 0.334. The van der Waals surface area contributed by atoms with Gasteiger partial charge in [-0.25, -0.2) is 5.01 Å². The van der Waals surface area contributed by atoms with Crippen LogP contribution in [0.2, 0.25) is 5.02 Å². The van der Waals surface area contributed by atoms with Crippen LogP contribution in [0.1, 0.15) is 26.7 Å². The number of rotatable bonds is 7. The van der Waals surface area contributed by atoms with E-state index in [2.05, 4.69) is 9.84 Å². The predicted molar refractivity (Wildman–Crippen MR) is 84.0 cm³/mol. The summed E-state index contributed by atoms with van der Waals surface area (Å²) in [5.74, 6) is -1.46. The van der Waals surface area contributed by atoms with Crippen LogP contribution in [0.25, 0.3) is 0 Å². The minimum Gasteiger partial charge on any atom is -0.466 e. The molecule has 0 aromatic heterocycles. The highest BCUT2D eigenvalue weighted by Gasteiger charge is 2.14. The molecule has 0 heterocycles. The van der Waals surface area contributed by atoms with Crippen molar-refractivity contribution in [2.75, 3.05) is 11.6 Å². The van der Waals surface area contributed by atoms with Gasteiger partial charge in [-0.2, -0.15) is 5.10 Å². The molecule has 0 aliphatic carbocycles. The minimum atomic E-state index is -0.626. The van der Waals surface area contributed by atoms with Crippen LogP contribution >= 0.6 is 11.6 Å². The summed E-state index contributed by atoms with van der Waals surface area (Å²) in [5, 5.41) is 5.49. The molecule has 0 aliphatic heterocycles. The smallest absolute Gasteiger partial charge is 0.313 e. The average molecular weight is 325 g/mol. The molecule has 0 atom stereocenters. The van der Waals surface area contributed by atoms with Crippen molar-refractivity contribution in [3.05, 3.63) is 29.3 Å². The van der Waals surface area contributed by atoms with Crippen molar-refractivity contribution in [2.45, 2.75) is 26.7 Å². The Bertz CT molecular complexity index is 569. The number of Topliss-reactive ketones (excluding diaryl/α,β-unsaturated/α-hetero) is 1. The number of hydrazone groups is 1. The van der Waals surface area contributed by atoms with Crippen molar-refractivity contribution in [2.24, 2.45) is 5.10 Å². The molecule has 118 valence electrons. The molecule has 1 aromatic rings. The fourth-order valence-electron chi connectivity index (χ4n) is 1.53. The Morgan fingerprint density at radius 1 is 1.23 bits per heavy atom. The van der Waals surface area contributed by atoms with Crippen LogP contribution in [0.3, 0.4) is 0 Å². The topological polar surface area (TPSA) is 76.0 Å². The number of anilines is 1. The number of hydrogen-bond donors (Lipinski definition) is 0. The number of carbonyl (C=O) groups excluding carboxylic acids is 3. The van der Waals surface area contributed by atoms with Gasteiger partial charge in [0.1, 0.15) is 6.42 Å². The second-order valence-electron chi connectivity index (χ2n) is 4.23. The van der Waals surface area contributed by atoms with Crippen molar-refractivity contribution >= 4 is 41.2 Å². The highest BCUT2D eigenvalue weighted by molar-refractivity contribution is 6.31. The molecule has 6 nitrogen and oxygen atoms in total. The Balaban J connectivity index is 2.83. The second kappa shape index (κ2) is 8.94. The van der Waals surface area contributed by atoms with Gasteiger partial charge in [0.15, 0.2) is 5.78 Å². The molecule has 0 bridgehead atoms. The average Bonchev–Trinajstić information content (AvgIpc) is 2.49. The van der Waals surface area contributed by atoms with Crippen LogP contribution < -0.4 is 5.01 Å². The molecule has 22 heavy (non-hydrogen) atoms. The summed E-state index contributed by atoms with van der Waals surface area (Å²) in [6.45, 7) is 3.54. The van der Waals surface area contributed by atoms with E-state index in [1.54, 1.807) is 38.1 Å². The maximum atomic E-state index is 11.9. The SMILES string of the molecule is CCOC(=O)CC(=O)/C=N/N(C(=O)CC)c1ccc(Cl)cc1. The van der Waals surface area contributed by atoms with Gasteiger partial charge < -0.3 is 4.74 Å². The summed E-state index contributed by atoms with van der Waals surface area (Å²) in [4.78, 5) is 34.7. The zero-order chi connectivity index (χ0) is 16.5. The van der Waals surface area contributed by atoms with E-state index in [0.717, 1.165) is 11.2 Å². The summed E-state index contributed by atoms with van der Waals surface area (Å²) in [5.41, 5.74) is 0.483. The van der Waals surface area contributed by atoms with Crippen LogP contribution in [0, 0.1) is 0 Å². The third-order valence-electron chi connectivity index (χ3n) is 2.55. The largest absolute Gasteiger partial charge is 0.466 e. The normalized spacial score (nSPS) is 10.5. The maximum Gasteiger partial charge on any atom is 0.313 e. The van der Waals surface area contributed by atoms with Gasteiger partial charge in [-0.3, -0.25) is 14.4 Å². The molecule has 0 saturated heterocycles. The maximum absolute atomic E-state index is 11.9. The molecule has 0 unspecified atom stereocenters. The van der Waals surface area contributed by atoms with Crippen LogP contribution in [0.5, 0.6) is 0 Å². The summed E-state index contributed by atoms with van der Waals surface area (Å²) in [7, 11) is 0. The molecule has 0 spiro atoms. The Kier molecular flexibility index (Phi) is 7.25.